The molecule has 2 aliphatic heterocycles. The number of oxazole rings is 1. The maximum atomic E-state index is 12.4. The van der Waals surface area contributed by atoms with Crippen LogP contribution in [-0.4, -0.2) is 53.7 Å². The van der Waals surface area contributed by atoms with Gasteiger partial charge in [-0.3, -0.25) is 9.69 Å². The predicted molar refractivity (Wildman–Crippen MR) is 85.0 cm³/mol. The van der Waals surface area contributed by atoms with Crippen LogP contribution >= 0.6 is 0 Å². The lowest BCUT2D eigenvalue weighted by atomic mass is 10.1. The van der Waals surface area contributed by atoms with E-state index in [-0.39, 0.29) is 5.91 Å². The second-order valence-electron chi connectivity index (χ2n) is 6.01. The second kappa shape index (κ2) is 6.16. The summed E-state index contributed by atoms with van der Waals surface area (Å²) in [6.45, 7) is 5.90. The minimum Gasteiger partial charge on any atom is -0.454 e. The number of hydrogen-bond donors (Lipinski definition) is 0. The average Bonchev–Trinajstić information content (AvgIpc) is 3.23. The Morgan fingerprint density at radius 2 is 1.96 bits per heavy atom. The van der Waals surface area contributed by atoms with E-state index in [0.717, 1.165) is 31.1 Å². The van der Waals surface area contributed by atoms with Crippen LogP contribution in [0, 0.1) is 6.92 Å². The van der Waals surface area contributed by atoms with E-state index >= 15 is 0 Å². The molecule has 126 valence electrons. The number of carbonyl (C=O) groups is 1. The SMILES string of the molecule is Cc1nc(C(=O)N2CCN(Cc3ccc4c(c3)OCO4)CC2)co1. The summed E-state index contributed by atoms with van der Waals surface area (Å²) in [5, 5.41) is 0. The molecule has 1 amide bonds. The van der Waals surface area contributed by atoms with Gasteiger partial charge < -0.3 is 18.8 Å². The van der Waals surface area contributed by atoms with Gasteiger partial charge in [0.05, 0.1) is 0 Å². The van der Waals surface area contributed by atoms with Crippen LogP contribution < -0.4 is 9.47 Å². The van der Waals surface area contributed by atoms with Crippen molar-refractivity contribution in [1.82, 2.24) is 14.8 Å². The van der Waals surface area contributed by atoms with Crippen molar-refractivity contribution in [2.75, 3.05) is 33.0 Å². The minimum atomic E-state index is -0.0606. The van der Waals surface area contributed by atoms with E-state index in [1.165, 1.54) is 11.8 Å². The van der Waals surface area contributed by atoms with Gasteiger partial charge in [0.1, 0.15) is 6.26 Å². The Morgan fingerprint density at radius 3 is 2.71 bits per heavy atom. The lowest BCUT2D eigenvalue weighted by Gasteiger charge is -2.34. The normalized spacial score (nSPS) is 17.3. The molecule has 1 aromatic heterocycles. The van der Waals surface area contributed by atoms with E-state index in [4.69, 9.17) is 13.9 Å². The zero-order valence-corrected chi connectivity index (χ0v) is 13.5. The topological polar surface area (TPSA) is 68.0 Å². The molecule has 0 N–H and O–H groups in total. The standard InChI is InChI=1S/C17H19N3O4/c1-12-18-14(10-22-12)17(21)20-6-4-19(5-7-20)9-13-2-3-15-16(8-13)24-11-23-15/h2-3,8,10H,4-7,9,11H2,1H3. The summed E-state index contributed by atoms with van der Waals surface area (Å²) >= 11 is 0. The molecule has 4 rings (SSSR count). The van der Waals surface area contributed by atoms with E-state index < -0.39 is 0 Å². The first-order valence-electron chi connectivity index (χ1n) is 8.01. The predicted octanol–water partition coefficient (Wildman–Crippen LogP) is 1.67. The third kappa shape index (κ3) is 2.94. The number of nitrogens with zero attached hydrogens (tertiary/aromatic N) is 3. The lowest BCUT2D eigenvalue weighted by Crippen LogP contribution is -2.48. The van der Waals surface area contributed by atoms with Crippen molar-refractivity contribution in [2.24, 2.45) is 0 Å². The maximum Gasteiger partial charge on any atom is 0.275 e. The summed E-state index contributed by atoms with van der Waals surface area (Å²) < 4.78 is 15.9. The Morgan fingerprint density at radius 1 is 1.17 bits per heavy atom. The van der Waals surface area contributed by atoms with Gasteiger partial charge in [0.2, 0.25) is 6.79 Å². The van der Waals surface area contributed by atoms with Gasteiger partial charge >= 0.3 is 0 Å². The number of aryl methyl sites for hydroxylation is 1. The highest BCUT2D eigenvalue weighted by Gasteiger charge is 2.24. The first-order valence-corrected chi connectivity index (χ1v) is 8.01. The number of rotatable bonds is 3. The summed E-state index contributed by atoms with van der Waals surface area (Å²) in [6.07, 6.45) is 1.43. The van der Waals surface area contributed by atoms with Crippen molar-refractivity contribution >= 4 is 5.91 Å². The number of piperazine rings is 1. The van der Waals surface area contributed by atoms with E-state index in [9.17, 15) is 4.79 Å². The quantitative estimate of drug-likeness (QED) is 0.853. The summed E-state index contributed by atoms with van der Waals surface area (Å²) in [7, 11) is 0. The van der Waals surface area contributed by atoms with Gasteiger partial charge in [0, 0.05) is 39.6 Å². The van der Waals surface area contributed by atoms with Gasteiger partial charge in [-0.25, -0.2) is 4.98 Å². The molecule has 1 fully saturated rings. The fraction of sp³-hybridized carbons (Fsp3) is 0.412. The Bertz CT molecular complexity index is 750. The Labute approximate surface area is 139 Å². The van der Waals surface area contributed by atoms with Crippen LogP contribution in [0.4, 0.5) is 0 Å². The number of benzene rings is 1. The summed E-state index contributed by atoms with van der Waals surface area (Å²) in [5.41, 5.74) is 1.57. The molecular weight excluding hydrogens is 310 g/mol. The first kappa shape index (κ1) is 15.0. The molecule has 2 aliphatic rings. The second-order valence-corrected chi connectivity index (χ2v) is 6.01. The third-order valence-electron chi connectivity index (χ3n) is 4.34. The molecule has 0 saturated carbocycles. The highest BCUT2D eigenvalue weighted by Crippen LogP contribution is 2.32. The zero-order chi connectivity index (χ0) is 16.5. The van der Waals surface area contributed by atoms with Crippen molar-refractivity contribution in [3.8, 4) is 11.5 Å². The van der Waals surface area contributed by atoms with Crippen molar-refractivity contribution in [1.29, 1.82) is 0 Å². The fourth-order valence-corrected chi connectivity index (χ4v) is 3.03. The lowest BCUT2D eigenvalue weighted by molar-refractivity contribution is 0.0622. The monoisotopic (exact) mass is 329 g/mol. The maximum absolute atomic E-state index is 12.4. The van der Waals surface area contributed by atoms with Gasteiger partial charge in [-0.2, -0.15) is 0 Å². The zero-order valence-electron chi connectivity index (χ0n) is 13.5. The molecule has 2 aromatic rings. The van der Waals surface area contributed by atoms with E-state index in [0.29, 0.717) is 31.5 Å². The fourth-order valence-electron chi connectivity index (χ4n) is 3.03. The third-order valence-corrected chi connectivity index (χ3v) is 4.34. The summed E-state index contributed by atoms with van der Waals surface area (Å²) in [6, 6.07) is 6.03. The number of ether oxygens (including phenoxy) is 2. The first-order chi connectivity index (χ1) is 11.7. The van der Waals surface area contributed by atoms with E-state index in [2.05, 4.69) is 16.0 Å². The molecule has 3 heterocycles. The van der Waals surface area contributed by atoms with E-state index in [1.807, 2.05) is 17.0 Å². The van der Waals surface area contributed by atoms with Crippen molar-refractivity contribution in [3.05, 3.63) is 41.6 Å². The van der Waals surface area contributed by atoms with Crippen molar-refractivity contribution < 1.29 is 18.7 Å². The van der Waals surface area contributed by atoms with Crippen molar-refractivity contribution in [2.45, 2.75) is 13.5 Å². The highest BCUT2D eigenvalue weighted by molar-refractivity contribution is 5.92. The minimum absolute atomic E-state index is 0.0606. The molecule has 0 radical (unpaired) electrons. The number of carbonyl (C=O) groups excluding carboxylic acids is 1. The van der Waals surface area contributed by atoms with Crippen LogP contribution in [0.3, 0.4) is 0 Å². The average molecular weight is 329 g/mol. The van der Waals surface area contributed by atoms with Gasteiger partial charge in [-0.15, -0.1) is 0 Å². The number of amides is 1. The number of hydrogen-bond acceptors (Lipinski definition) is 6. The van der Waals surface area contributed by atoms with Crippen LogP contribution in [0.1, 0.15) is 21.9 Å². The molecule has 0 spiro atoms. The van der Waals surface area contributed by atoms with Crippen LogP contribution in [0.5, 0.6) is 11.5 Å². The Kier molecular flexibility index (Phi) is 3.86. The van der Waals surface area contributed by atoms with E-state index in [1.54, 1.807) is 6.92 Å². The van der Waals surface area contributed by atoms with Gasteiger partial charge in [0.15, 0.2) is 23.1 Å². The molecule has 1 saturated heterocycles. The molecule has 0 bridgehead atoms. The van der Waals surface area contributed by atoms with Crippen molar-refractivity contribution in [3.63, 3.8) is 0 Å². The van der Waals surface area contributed by atoms with Crippen LogP contribution in [0.25, 0.3) is 0 Å². The Hall–Kier alpha value is -2.54. The molecular formula is C17H19N3O4. The molecule has 7 nitrogen and oxygen atoms in total. The van der Waals surface area contributed by atoms with Gasteiger partial charge in [0.25, 0.3) is 5.91 Å². The molecule has 1 aromatic carbocycles. The number of fused-ring (bicyclic) bond motifs is 1. The largest absolute Gasteiger partial charge is 0.454 e. The smallest absolute Gasteiger partial charge is 0.275 e. The van der Waals surface area contributed by atoms with Crippen LogP contribution in [-0.2, 0) is 6.54 Å². The molecule has 7 heteroatoms. The number of aromatic nitrogens is 1. The molecule has 0 aliphatic carbocycles. The molecule has 0 unspecified atom stereocenters. The summed E-state index contributed by atoms with van der Waals surface area (Å²) in [4.78, 5) is 20.6. The van der Waals surface area contributed by atoms with Crippen LogP contribution in [0.2, 0.25) is 0 Å². The molecule has 24 heavy (non-hydrogen) atoms. The highest BCUT2D eigenvalue weighted by atomic mass is 16.7. The molecule has 0 atom stereocenters. The summed E-state index contributed by atoms with van der Waals surface area (Å²) in [5.74, 6) is 2.06. The van der Waals surface area contributed by atoms with Crippen LogP contribution in [0.15, 0.2) is 28.9 Å². The van der Waals surface area contributed by atoms with Gasteiger partial charge in [-0.1, -0.05) is 6.07 Å². The Balaban J connectivity index is 1.34. The van der Waals surface area contributed by atoms with Gasteiger partial charge in [-0.05, 0) is 17.7 Å².